The zero-order valence-electron chi connectivity index (χ0n) is 15.0. The number of hydrogen-bond acceptors (Lipinski definition) is 5. The van der Waals surface area contributed by atoms with Crippen molar-refractivity contribution < 1.29 is 14.3 Å². The Morgan fingerprint density at radius 2 is 2.22 bits per heavy atom. The van der Waals surface area contributed by atoms with Crippen LogP contribution in [0.2, 0.25) is 0 Å². The largest absolute Gasteiger partial charge is 0.491 e. The molecular weight excluding hydrogens is 346 g/mol. The quantitative estimate of drug-likeness (QED) is 0.597. The van der Waals surface area contributed by atoms with Crippen LogP contribution in [0, 0.1) is 0 Å². The predicted octanol–water partition coefficient (Wildman–Crippen LogP) is 2.75. The molecule has 8 heteroatoms. The normalized spacial score (nSPS) is 13.5. The van der Waals surface area contributed by atoms with E-state index < -0.39 is 0 Å². The van der Waals surface area contributed by atoms with Gasteiger partial charge in [0, 0.05) is 42.7 Å². The van der Waals surface area contributed by atoms with E-state index in [0.29, 0.717) is 36.4 Å². The number of rotatable bonds is 8. The van der Waals surface area contributed by atoms with E-state index in [9.17, 15) is 4.79 Å². The van der Waals surface area contributed by atoms with Gasteiger partial charge in [-0.25, -0.2) is 9.97 Å². The van der Waals surface area contributed by atoms with Crippen LogP contribution in [-0.2, 0) is 4.74 Å². The average Bonchev–Trinajstić information content (AvgIpc) is 3.18. The molecule has 1 aliphatic rings. The third-order valence-electron chi connectivity index (χ3n) is 4.36. The summed E-state index contributed by atoms with van der Waals surface area (Å²) in [5.74, 6) is 1.33. The number of aromatic amines is 1. The zero-order valence-corrected chi connectivity index (χ0v) is 15.0. The van der Waals surface area contributed by atoms with Crippen LogP contribution in [0.4, 0.5) is 5.95 Å². The van der Waals surface area contributed by atoms with Crippen LogP contribution in [0.5, 0.6) is 5.75 Å². The van der Waals surface area contributed by atoms with Gasteiger partial charge in [-0.05, 0) is 25.0 Å². The van der Waals surface area contributed by atoms with Crippen LogP contribution in [0.3, 0.4) is 0 Å². The Kier molecular flexibility index (Phi) is 4.88. The number of carbonyl (C=O) groups excluding carboxylic acids is 1. The van der Waals surface area contributed by atoms with Gasteiger partial charge in [0.25, 0.3) is 5.91 Å². The first-order valence-corrected chi connectivity index (χ1v) is 8.84. The SMILES string of the molecule is COCCOc1cc(C(=O)Nc2ncc(C3CC3)[nH]2)cc(-n2ccnc2)c1. The number of hydrogen-bond donors (Lipinski definition) is 2. The second kappa shape index (κ2) is 7.63. The summed E-state index contributed by atoms with van der Waals surface area (Å²) in [7, 11) is 1.61. The highest BCUT2D eigenvalue weighted by atomic mass is 16.5. The van der Waals surface area contributed by atoms with Crippen molar-refractivity contribution in [3.8, 4) is 11.4 Å². The standard InChI is InChI=1S/C19H21N5O3/c1-26-6-7-27-16-9-14(8-15(10-16)24-5-4-20-12-24)18(25)23-19-21-11-17(22-19)13-2-3-13/h4-5,8-13H,2-3,6-7H2,1H3,(H2,21,22,23,25). The highest BCUT2D eigenvalue weighted by molar-refractivity contribution is 6.04. The molecule has 8 nitrogen and oxygen atoms in total. The first-order chi connectivity index (χ1) is 13.2. The second-order valence-corrected chi connectivity index (χ2v) is 6.44. The van der Waals surface area contributed by atoms with Crippen LogP contribution in [0.1, 0.15) is 34.8 Å². The third kappa shape index (κ3) is 4.17. The molecule has 1 aliphatic carbocycles. The van der Waals surface area contributed by atoms with Crippen molar-refractivity contribution in [1.82, 2.24) is 19.5 Å². The van der Waals surface area contributed by atoms with E-state index in [1.54, 1.807) is 38.0 Å². The minimum Gasteiger partial charge on any atom is -0.491 e. The molecule has 27 heavy (non-hydrogen) atoms. The number of anilines is 1. The monoisotopic (exact) mass is 367 g/mol. The summed E-state index contributed by atoms with van der Waals surface area (Å²) < 4.78 is 12.5. The molecule has 0 saturated heterocycles. The summed E-state index contributed by atoms with van der Waals surface area (Å²) in [6.45, 7) is 0.862. The van der Waals surface area contributed by atoms with Crippen LogP contribution in [-0.4, -0.2) is 45.7 Å². The van der Waals surface area contributed by atoms with Gasteiger partial charge in [-0.15, -0.1) is 0 Å². The molecule has 1 aromatic carbocycles. The van der Waals surface area contributed by atoms with Gasteiger partial charge in [-0.3, -0.25) is 10.1 Å². The maximum Gasteiger partial charge on any atom is 0.258 e. The first kappa shape index (κ1) is 17.3. The van der Waals surface area contributed by atoms with Crippen molar-refractivity contribution in [2.75, 3.05) is 25.6 Å². The summed E-state index contributed by atoms with van der Waals surface area (Å²) in [5.41, 5.74) is 2.32. The Morgan fingerprint density at radius 1 is 1.33 bits per heavy atom. The fraction of sp³-hybridized carbons (Fsp3) is 0.316. The van der Waals surface area contributed by atoms with Crippen molar-refractivity contribution >= 4 is 11.9 Å². The third-order valence-corrected chi connectivity index (χ3v) is 4.36. The number of nitrogens with one attached hydrogen (secondary N) is 2. The molecule has 0 radical (unpaired) electrons. The lowest BCUT2D eigenvalue weighted by Crippen LogP contribution is -2.14. The molecule has 2 aromatic heterocycles. The van der Waals surface area contributed by atoms with Gasteiger partial charge in [-0.1, -0.05) is 0 Å². The zero-order chi connectivity index (χ0) is 18.6. The molecule has 2 heterocycles. The Bertz CT molecular complexity index is 915. The number of carbonyl (C=O) groups is 1. The Balaban J connectivity index is 1.56. The highest BCUT2D eigenvalue weighted by Crippen LogP contribution is 2.39. The van der Waals surface area contributed by atoms with Gasteiger partial charge in [0.05, 0.1) is 24.8 Å². The van der Waals surface area contributed by atoms with E-state index >= 15 is 0 Å². The topological polar surface area (TPSA) is 94.1 Å². The lowest BCUT2D eigenvalue weighted by molar-refractivity contribution is 0.102. The Hall–Kier alpha value is -3.13. The second-order valence-electron chi connectivity index (χ2n) is 6.44. The fourth-order valence-corrected chi connectivity index (χ4v) is 2.78. The number of amides is 1. The number of nitrogens with zero attached hydrogens (tertiary/aromatic N) is 3. The summed E-state index contributed by atoms with van der Waals surface area (Å²) in [6, 6.07) is 5.34. The smallest absolute Gasteiger partial charge is 0.258 e. The van der Waals surface area contributed by atoms with Crippen LogP contribution in [0.15, 0.2) is 43.1 Å². The van der Waals surface area contributed by atoms with E-state index in [1.807, 2.05) is 16.8 Å². The molecule has 4 rings (SSSR count). The predicted molar refractivity (Wildman–Crippen MR) is 99.5 cm³/mol. The van der Waals surface area contributed by atoms with Crippen molar-refractivity contribution in [3.63, 3.8) is 0 Å². The molecule has 1 amide bonds. The Labute approximate surface area is 156 Å². The van der Waals surface area contributed by atoms with Gasteiger partial charge in [0.2, 0.25) is 5.95 Å². The van der Waals surface area contributed by atoms with Gasteiger partial charge in [0.1, 0.15) is 12.4 Å². The number of aromatic nitrogens is 4. The van der Waals surface area contributed by atoms with Gasteiger partial charge < -0.3 is 19.0 Å². The fourth-order valence-electron chi connectivity index (χ4n) is 2.78. The Morgan fingerprint density at radius 3 is 2.96 bits per heavy atom. The van der Waals surface area contributed by atoms with Gasteiger partial charge in [-0.2, -0.15) is 0 Å². The maximum atomic E-state index is 12.7. The van der Waals surface area contributed by atoms with Gasteiger partial charge in [0.15, 0.2) is 0 Å². The van der Waals surface area contributed by atoms with E-state index in [0.717, 1.165) is 11.4 Å². The van der Waals surface area contributed by atoms with Crippen LogP contribution in [0.25, 0.3) is 5.69 Å². The molecule has 2 N–H and O–H groups in total. The molecular formula is C19H21N5O3. The number of imidazole rings is 2. The van der Waals surface area contributed by atoms with E-state index in [4.69, 9.17) is 9.47 Å². The van der Waals surface area contributed by atoms with Crippen LogP contribution < -0.4 is 10.1 Å². The van der Waals surface area contributed by atoms with Crippen LogP contribution >= 0.6 is 0 Å². The molecule has 3 aromatic rings. The molecule has 1 fully saturated rings. The molecule has 0 aliphatic heterocycles. The lowest BCUT2D eigenvalue weighted by Gasteiger charge is -2.11. The number of ether oxygens (including phenoxy) is 2. The average molecular weight is 367 g/mol. The molecule has 140 valence electrons. The maximum absolute atomic E-state index is 12.7. The van der Waals surface area contributed by atoms with Crippen molar-refractivity contribution in [3.05, 3.63) is 54.4 Å². The molecule has 0 unspecified atom stereocenters. The summed E-state index contributed by atoms with van der Waals surface area (Å²) in [6.07, 6.45) is 9.29. The van der Waals surface area contributed by atoms with E-state index in [-0.39, 0.29) is 5.91 Å². The van der Waals surface area contributed by atoms with E-state index in [1.165, 1.54) is 12.8 Å². The highest BCUT2D eigenvalue weighted by Gasteiger charge is 2.25. The summed E-state index contributed by atoms with van der Waals surface area (Å²) in [5, 5.41) is 2.82. The first-order valence-electron chi connectivity index (χ1n) is 8.84. The molecule has 0 spiro atoms. The lowest BCUT2D eigenvalue weighted by atomic mass is 10.1. The number of methoxy groups -OCH3 is 1. The number of benzene rings is 1. The molecule has 0 bridgehead atoms. The van der Waals surface area contributed by atoms with Crippen molar-refractivity contribution in [1.29, 1.82) is 0 Å². The molecule has 1 saturated carbocycles. The summed E-state index contributed by atoms with van der Waals surface area (Å²) in [4.78, 5) is 24.2. The van der Waals surface area contributed by atoms with E-state index in [2.05, 4.69) is 20.3 Å². The van der Waals surface area contributed by atoms with Gasteiger partial charge >= 0.3 is 0 Å². The molecule has 0 atom stereocenters. The van der Waals surface area contributed by atoms with Crippen molar-refractivity contribution in [2.45, 2.75) is 18.8 Å². The minimum absolute atomic E-state index is 0.259. The van der Waals surface area contributed by atoms with Crippen molar-refractivity contribution in [2.24, 2.45) is 0 Å². The number of H-pyrrole nitrogens is 1. The summed E-state index contributed by atoms with van der Waals surface area (Å²) >= 11 is 0. The minimum atomic E-state index is -0.259.